The highest BCUT2D eigenvalue weighted by atomic mass is 79.9. The van der Waals surface area contributed by atoms with Gasteiger partial charge in [0, 0.05) is 34.6 Å². The van der Waals surface area contributed by atoms with Crippen molar-refractivity contribution in [2.24, 2.45) is 0 Å². The average Bonchev–Trinajstić information content (AvgIpc) is 2.78. The van der Waals surface area contributed by atoms with Crippen molar-refractivity contribution in [1.29, 1.82) is 0 Å². The summed E-state index contributed by atoms with van der Waals surface area (Å²) < 4.78 is 1.19. The average molecular weight is 362 g/mol. The summed E-state index contributed by atoms with van der Waals surface area (Å²) in [6, 6.07) is 7.33. The van der Waals surface area contributed by atoms with Gasteiger partial charge in [0.1, 0.15) is 0 Å². The third-order valence-corrected chi connectivity index (χ3v) is 4.78. The summed E-state index contributed by atoms with van der Waals surface area (Å²) in [5.74, 6) is 0. The minimum atomic E-state index is 0.685. The molecule has 0 N–H and O–H groups in total. The highest BCUT2D eigenvalue weighted by Gasteiger charge is 2.24. The van der Waals surface area contributed by atoms with Crippen LogP contribution in [-0.4, -0.2) is 38.1 Å². The number of rotatable bonds is 3. The predicted molar refractivity (Wildman–Crippen MR) is 81.1 cm³/mol. The number of hydrogen-bond acceptors (Lipinski definition) is 2. The summed E-state index contributed by atoms with van der Waals surface area (Å²) in [5, 5.41) is 0.897. The SMILES string of the molecule is CN(C)C1CCN(c2ccc(CBr)c(Br)c2)C1. The second-order valence-corrected chi connectivity index (χ2v) is 6.18. The minimum absolute atomic E-state index is 0.685. The minimum Gasteiger partial charge on any atom is -0.370 e. The normalized spacial score (nSPS) is 20.3. The quantitative estimate of drug-likeness (QED) is 0.760. The van der Waals surface area contributed by atoms with Crippen LogP contribution in [0.5, 0.6) is 0 Å². The summed E-state index contributed by atoms with van der Waals surface area (Å²) in [5.41, 5.74) is 2.63. The topological polar surface area (TPSA) is 6.48 Å². The van der Waals surface area contributed by atoms with Crippen molar-refractivity contribution in [2.45, 2.75) is 17.8 Å². The van der Waals surface area contributed by atoms with Gasteiger partial charge in [-0.05, 0) is 38.2 Å². The Labute approximate surface area is 120 Å². The third kappa shape index (κ3) is 3.04. The molecule has 1 unspecified atom stereocenters. The lowest BCUT2D eigenvalue weighted by molar-refractivity contribution is 0.315. The van der Waals surface area contributed by atoms with Crippen molar-refractivity contribution in [3.63, 3.8) is 0 Å². The van der Waals surface area contributed by atoms with Crippen molar-refractivity contribution in [3.8, 4) is 0 Å². The second kappa shape index (κ2) is 5.72. The zero-order valence-electron chi connectivity index (χ0n) is 10.3. The van der Waals surface area contributed by atoms with Crippen LogP contribution in [0.2, 0.25) is 0 Å². The van der Waals surface area contributed by atoms with E-state index in [0.29, 0.717) is 6.04 Å². The standard InChI is InChI=1S/C13H18Br2N2/c1-16(2)12-5-6-17(9-12)11-4-3-10(8-14)13(15)7-11/h3-4,7,12H,5-6,8-9H2,1-2H3. The van der Waals surface area contributed by atoms with Gasteiger partial charge in [-0.1, -0.05) is 37.9 Å². The van der Waals surface area contributed by atoms with Crippen LogP contribution in [0.3, 0.4) is 0 Å². The van der Waals surface area contributed by atoms with Gasteiger partial charge in [-0.2, -0.15) is 0 Å². The number of anilines is 1. The Hall–Kier alpha value is -0.0600. The maximum atomic E-state index is 3.63. The van der Waals surface area contributed by atoms with Gasteiger partial charge in [-0.3, -0.25) is 0 Å². The molecule has 1 atom stereocenters. The van der Waals surface area contributed by atoms with E-state index >= 15 is 0 Å². The number of hydrogen-bond donors (Lipinski definition) is 0. The molecule has 0 saturated carbocycles. The lowest BCUT2D eigenvalue weighted by atomic mass is 10.2. The maximum Gasteiger partial charge on any atom is 0.0378 e. The second-order valence-electron chi connectivity index (χ2n) is 4.76. The van der Waals surface area contributed by atoms with E-state index in [1.807, 2.05) is 0 Å². The monoisotopic (exact) mass is 360 g/mol. The molecule has 0 aliphatic carbocycles. The Morgan fingerprint density at radius 1 is 1.41 bits per heavy atom. The molecule has 1 aliphatic rings. The molecule has 2 nitrogen and oxygen atoms in total. The summed E-state index contributed by atoms with van der Waals surface area (Å²) in [7, 11) is 4.33. The van der Waals surface area contributed by atoms with Crippen LogP contribution in [-0.2, 0) is 5.33 Å². The molecule has 0 bridgehead atoms. The number of halogens is 2. The number of benzene rings is 1. The smallest absolute Gasteiger partial charge is 0.0378 e. The highest BCUT2D eigenvalue weighted by molar-refractivity contribution is 9.10. The van der Waals surface area contributed by atoms with E-state index in [1.165, 1.54) is 22.1 Å². The molecule has 1 fully saturated rings. The van der Waals surface area contributed by atoms with Crippen LogP contribution in [0.4, 0.5) is 5.69 Å². The molecule has 1 heterocycles. The Bertz CT molecular complexity index is 393. The Morgan fingerprint density at radius 3 is 2.71 bits per heavy atom. The van der Waals surface area contributed by atoms with Crippen LogP contribution in [0.1, 0.15) is 12.0 Å². The summed E-state index contributed by atoms with van der Waals surface area (Å²) in [6.45, 7) is 2.29. The number of nitrogens with zero attached hydrogens (tertiary/aromatic N) is 2. The molecule has 1 saturated heterocycles. The van der Waals surface area contributed by atoms with Gasteiger partial charge in [0.15, 0.2) is 0 Å². The van der Waals surface area contributed by atoms with Crippen LogP contribution >= 0.6 is 31.9 Å². The molecule has 17 heavy (non-hydrogen) atoms. The zero-order valence-corrected chi connectivity index (χ0v) is 13.5. The van der Waals surface area contributed by atoms with Crippen LogP contribution in [0, 0.1) is 0 Å². The van der Waals surface area contributed by atoms with Gasteiger partial charge in [0.2, 0.25) is 0 Å². The molecule has 0 radical (unpaired) electrons. The van der Waals surface area contributed by atoms with Crippen molar-refractivity contribution in [2.75, 3.05) is 32.1 Å². The molecule has 0 spiro atoms. The first kappa shape index (κ1) is 13.4. The number of likely N-dealkylation sites (N-methyl/N-ethyl adjacent to an activating group) is 1. The fourth-order valence-corrected chi connectivity index (χ4v) is 3.61. The van der Waals surface area contributed by atoms with Crippen LogP contribution in [0.25, 0.3) is 0 Å². The first-order valence-corrected chi connectivity index (χ1v) is 7.79. The van der Waals surface area contributed by atoms with E-state index in [-0.39, 0.29) is 0 Å². The Morgan fingerprint density at radius 2 is 2.18 bits per heavy atom. The summed E-state index contributed by atoms with van der Waals surface area (Å²) in [4.78, 5) is 4.79. The molecule has 0 aromatic heterocycles. The van der Waals surface area contributed by atoms with E-state index in [4.69, 9.17) is 0 Å². The fraction of sp³-hybridized carbons (Fsp3) is 0.538. The maximum absolute atomic E-state index is 3.63. The fourth-order valence-electron chi connectivity index (χ4n) is 2.24. The van der Waals surface area contributed by atoms with E-state index in [0.717, 1.165) is 18.4 Å². The largest absolute Gasteiger partial charge is 0.370 e. The predicted octanol–water partition coefficient (Wildman–Crippen LogP) is 3.48. The molecule has 0 amide bonds. The van der Waals surface area contributed by atoms with E-state index in [2.05, 4.69) is 74.0 Å². The lowest BCUT2D eigenvalue weighted by Crippen LogP contribution is -2.31. The Balaban J connectivity index is 2.11. The van der Waals surface area contributed by atoms with Crippen molar-refractivity contribution >= 4 is 37.5 Å². The molecular formula is C13H18Br2N2. The van der Waals surface area contributed by atoms with Gasteiger partial charge in [0.05, 0.1) is 0 Å². The molecule has 4 heteroatoms. The molecule has 2 rings (SSSR count). The van der Waals surface area contributed by atoms with Crippen molar-refractivity contribution < 1.29 is 0 Å². The van der Waals surface area contributed by atoms with Gasteiger partial charge in [-0.15, -0.1) is 0 Å². The zero-order chi connectivity index (χ0) is 12.4. The summed E-state index contributed by atoms with van der Waals surface area (Å²) >= 11 is 7.13. The van der Waals surface area contributed by atoms with E-state index in [9.17, 15) is 0 Å². The van der Waals surface area contributed by atoms with Crippen LogP contribution in [0.15, 0.2) is 22.7 Å². The van der Waals surface area contributed by atoms with E-state index < -0.39 is 0 Å². The van der Waals surface area contributed by atoms with Gasteiger partial charge in [-0.25, -0.2) is 0 Å². The highest BCUT2D eigenvalue weighted by Crippen LogP contribution is 2.28. The van der Waals surface area contributed by atoms with Gasteiger partial charge in [0.25, 0.3) is 0 Å². The first-order chi connectivity index (χ1) is 8.11. The van der Waals surface area contributed by atoms with Crippen LogP contribution < -0.4 is 4.90 Å². The lowest BCUT2D eigenvalue weighted by Gasteiger charge is -2.22. The van der Waals surface area contributed by atoms with Gasteiger partial charge >= 0.3 is 0 Å². The van der Waals surface area contributed by atoms with Crippen molar-refractivity contribution in [1.82, 2.24) is 4.90 Å². The van der Waals surface area contributed by atoms with Crippen molar-refractivity contribution in [3.05, 3.63) is 28.2 Å². The van der Waals surface area contributed by atoms with Gasteiger partial charge < -0.3 is 9.80 Å². The van der Waals surface area contributed by atoms with E-state index in [1.54, 1.807) is 0 Å². The summed E-state index contributed by atoms with van der Waals surface area (Å²) in [6.07, 6.45) is 1.25. The molecule has 1 aromatic rings. The molecule has 1 aromatic carbocycles. The first-order valence-electron chi connectivity index (χ1n) is 5.87. The molecule has 1 aliphatic heterocycles. The molecule has 94 valence electrons. The Kier molecular flexibility index (Phi) is 4.50. The third-order valence-electron chi connectivity index (χ3n) is 3.44. The number of alkyl halides is 1. The molecular weight excluding hydrogens is 344 g/mol.